The quantitative estimate of drug-likeness (QED) is 0.538. The lowest BCUT2D eigenvalue weighted by molar-refractivity contribution is -0.134. The van der Waals surface area contributed by atoms with Gasteiger partial charge in [0.1, 0.15) is 6.10 Å². The minimum absolute atomic E-state index is 0.0379. The highest BCUT2D eigenvalue weighted by Crippen LogP contribution is 2.38. The summed E-state index contributed by atoms with van der Waals surface area (Å²) in [7, 11) is 4.67. The monoisotopic (exact) mass is 426 g/mol. The molecule has 0 saturated carbocycles. The lowest BCUT2D eigenvalue weighted by Gasteiger charge is -2.37. The van der Waals surface area contributed by atoms with Crippen molar-refractivity contribution in [1.82, 2.24) is 9.88 Å². The molecule has 0 aliphatic carbocycles. The second-order valence-electron chi connectivity index (χ2n) is 6.72. The zero-order chi connectivity index (χ0) is 21.1. The molecule has 1 saturated heterocycles. The normalized spacial score (nSPS) is 14.0. The number of hydrogen-bond acceptors (Lipinski definition) is 7. The van der Waals surface area contributed by atoms with Gasteiger partial charge in [-0.25, -0.2) is 4.98 Å². The summed E-state index contributed by atoms with van der Waals surface area (Å²) < 4.78 is 23.0. The van der Waals surface area contributed by atoms with Gasteiger partial charge >= 0.3 is 0 Å². The summed E-state index contributed by atoms with van der Waals surface area (Å²) in [6.45, 7) is 1.07. The number of fused-ring (bicyclic) bond motifs is 1. The van der Waals surface area contributed by atoms with Crippen molar-refractivity contribution in [2.24, 2.45) is 0 Å². The van der Waals surface area contributed by atoms with E-state index in [-0.39, 0.29) is 12.0 Å². The predicted octanol–water partition coefficient (Wildman–Crippen LogP) is 3.63. The highest BCUT2D eigenvalue weighted by Gasteiger charge is 2.31. The molecule has 2 aromatic carbocycles. The Morgan fingerprint density at radius 3 is 2.43 bits per heavy atom. The molecular formula is C22H22N2O5S. The van der Waals surface area contributed by atoms with Crippen LogP contribution in [0.2, 0.25) is 0 Å². The van der Waals surface area contributed by atoms with E-state index in [1.54, 1.807) is 44.4 Å². The lowest BCUT2D eigenvalue weighted by atomic mass is 10.1. The van der Waals surface area contributed by atoms with E-state index >= 15 is 0 Å². The first kappa shape index (κ1) is 20.0. The smallest absolute Gasteiger partial charge is 0.274 e. The van der Waals surface area contributed by atoms with Crippen molar-refractivity contribution >= 4 is 33.5 Å². The zero-order valence-electron chi connectivity index (χ0n) is 17.0. The first-order chi connectivity index (χ1) is 14.6. The Morgan fingerprint density at radius 1 is 1.10 bits per heavy atom. The van der Waals surface area contributed by atoms with Gasteiger partial charge in [0.15, 0.2) is 11.5 Å². The molecule has 0 spiro atoms. The molecule has 8 heteroatoms. The second kappa shape index (κ2) is 8.62. The van der Waals surface area contributed by atoms with Crippen LogP contribution in [0, 0.1) is 0 Å². The molecule has 0 radical (unpaired) electrons. The summed E-state index contributed by atoms with van der Waals surface area (Å²) >= 11 is 1.52. The maximum absolute atomic E-state index is 12.5. The number of para-hydroxylation sites is 1. The first-order valence-electron chi connectivity index (χ1n) is 9.40. The van der Waals surface area contributed by atoms with Crippen LogP contribution in [-0.2, 0) is 4.79 Å². The summed E-state index contributed by atoms with van der Waals surface area (Å²) in [5, 5.41) is 0.640. The fraction of sp³-hybridized carbons (Fsp3) is 0.273. The molecule has 0 N–H and O–H groups in total. The van der Waals surface area contributed by atoms with E-state index in [1.807, 2.05) is 24.3 Å². The molecule has 1 fully saturated rings. The average Bonchev–Trinajstić information content (AvgIpc) is 3.16. The molecule has 3 aromatic rings. The van der Waals surface area contributed by atoms with Gasteiger partial charge < -0.3 is 23.8 Å². The van der Waals surface area contributed by atoms with E-state index < -0.39 is 0 Å². The number of thiazole rings is 1. The van der Waals surface area contributed by atoms with Gasteiger partial charge in [-0.05, 0) is 35.9 Å². The summed E-state index contributed by atoms with van der Waals surface area (Å²) in [4.78, 5) is 18.7. The van der Waals surface area contributed by atoms with E-state index in [9.17, 15) is 4.79 Å². The van der Waals surface area contributed by atoms with Crippen LogP contribution in [0.25, 0.3) is 16.3 Å². The third-order valence-electron chi connectivity index (χ3n) is 4.81. The van der Waals surface area contributed by atoms with E-state index in [1.165, 1.54) is 17.4 Å². The molecule has 156 valence electrons. The van der Waals surface area contributed by atoms with Crippen molar-refractivity contribution in [3.05, 3.63) is 48.0 Å². The van der Waals surface area contributed by atoms with E-state index in [2.05, 4.69) is 4.98 Å². The number of ether oxygens (including phenoxy) is 4. The number of carbonyl (C=O) groups excluding carboxylic acids is 1. The number of methoxy groups -OCH3 is 3. The molecule has 2 heterocycles. The molecule has 1 aliphatic heterocycles. The van der Waals surface area contributed by atoms with Crippen molar-refractivity contribution in [3.8, 4) is 22.4 Å². The van der Waals surface area contributed by atoms with Gasteiger partial charge in [-0.3, -0.25) is 4.79 Å². The minimum atomic E-state index is -0.0760. The Hall–Kier alpha value is -3.26. The summed E-state index contributed by atoms with van der Waals surface area (Å²) in [5.41, 5.74) is 1.71. The first-order valence-corrected chi connectivity index (χ1v) is 10.2. The van der Waals surface area contributed by atoms with Crippen LogP contribution in [0.4, 0.5) is 0 Å². The van der Waals surface area contributed by atoms with Gasteiger partial charge in [-0.1, -0.05) is 23.5 Å². The molecular weight excluding hydrogens is 404 g/mol. The Bertz CT molecular complexity index is 1030. The average molecular weight is 426 g/mol. The van der Waals surface area contributed by atoms with Crippen molar-refractivity contribution < 1.29 is 23.7 Å². The molecule has 1 amide bonds. The Morgan fingerprint density at radius 2 is 1.80 bits per heavy atom. The summed E-state index contributed by atoms with van der Waals surface area (Å²) in [6.07, 6.45) is 3.23. The number of carbonyl (C=O) groups is 1. The van der Waals surface area contributed by atoms with Gasteiger partial charge in [-0.2, -0.15) is 0 Å². The Labute approximate surface area is 178 Å². The molecule has 30 heavy (non-hydrogen) atoms. The van der Waals surface area contributed by atoms with Crippen molar-refractivity contribution in [1.29, 1.82) is 0 Å². The second-order valence-corrected chi connectivity index (χ2v) is 7.72. The molecule has 1 aliphatic rings. The van der Waals surface area contributed by atoms with Gasteiger partial charge in [0.25, 0.3) is 5.19 Å². The van der Waals surface area contributed by atoms with Gasteiger partial charge in [-0.15, -0.1) is 0 Å². The largest absolute Gasteiger partial charge is 0.493 e. The molecule has 4 rings (SSSR count). The Kier molecular flexibility index (Phi) is 5.76. The highest BCUT2D eigenvalue weighted by molar-refractivity contribution is 7.20. The molecule has 0 unspecified atom stereocenters. The molecule has 1 aromatic heterocycles. The number of hydrogen-bond donors (Lipinski definition) is 0. The minimum Gasteiger partial charge on any atom is -0.493 e. The van der Waals surface area contributed by atoms with Crippen LogP contribution in [0.3, 0.4) is 0 Å². The van der Waals surface area contributed by atoms with Crippen LogP contribution in [-0.4, -0.2) is 56.3 Å². The standard InChI is InChI=1S/C22H22N2O5S/c1-26-17-10-14(11-18(27-2)21(17)28-3)8-9-20(25)24-12-15(13-24)29-22-23-16-6-4-5-7-19(16)30-22/h4-11,15H,12-13H2,1-3H3. The predicted molar refractivity (Wildman–Crippen MR) is 116 cm³/mol. The SMILES string of the molecule is COc1cc(C=CC(=O)N2CC(Oc3nc4ccccc4s3)C2)cc(OC)c1OC. The summed E-state index contributed by atoms with van der Waals surface area (Å²) in [5.74, 6) is 1.52. The number of nitrogens with zero attached hydrogens (tertiary/aromatic N) is 2. The molecule has 0 atom stereocenters. The Balaban J connectivity index is 1.35. The fourth-order valence-corrected chi connectivity index (χ4v) is 4.09. The highest BCUT2D eigenvalue weighted by atomic mass is 32.1. The summed E-state index contributed by atoms with van der Waals surface area (Å²) in [6, 6.07) is 11.5. The lowest BCUT2D eigenvalue weighted by Crippen LogP contribution is -2.55. The number of likely N-dealkylation sites (tertiary alicyclic amines) is 1. The number of rotatable bonds is 7. The van der Waals surface area contributed by atoms with Crippen LogP contribution < -0.4 is 18.9 Å². The third-order valence-corrected chi connectivity index (χ3v) is 5.73. The number of amides is 1. The maximum Gasteiger partial charge on any atom is 0.274 e. The van der Waals surface area contributed by atoms with Crippen LogP contribution in [0.5, 0.6) is 22.4 Å². The van der Waals surface area contributed by atoms with Gasteiger partial charge in [0.2, 0.25) is 11.7 Å². The van der Waals surface area contributed by atoms with Crippen molar-refractivity contribution in [3.63, 3.8) is 0 Å². The number of benzene rings is 2. The van der Waals surface area contributed by atoms with Crippen LogP contribution >= 0.6 is 11.3 Å². The molecule has 7 nitrogen and oxygen atoms in total. The van der Waals surface area contributed by atoms with Crippen molar-refractivity contribution in [2.75, 3.05) is 34.4 Å². The topological polar surface area (TPSA) is 70.1 Å². The third kappa shape index (κ3) is 4.04. The van der Waals surface area contributed by atoms with E-state index in [0.717, 1.165) is 15.8 Å². The molecule has 0 bridgehead atoms. The fourth-order valence-electron chi connectivity index (χ4n) is 3.21. The van der Waals surface area contributed by atoms with Crippen molar-refractivity contribution in [2.45, 2.75) is 6.10 Å². The maximum atomic E-state index is 12.5. The van der Waals surface area contributed by atoms with Gasteiger partial charge in [0.05, 0.1) is 44.6 Å². The van der Waals surface area contributed by atoms with E-state index in [0.29, 0.717) is 35.5 Å². The zero-order valence-corrected chi connectivity index (χ0v) is 17.8. The number of aromatic nitrogens is 1. The van der Waals surface area contributed by atoms with Gasteiger partial charge in [0, 0.05) is 6.08 Å². The van der Waals surface area contributed by atoms with Crippen LogP contribution in [0.15, 0.2) is 42.5 Å². The van der Waals surface area contributed by atoms with E-state index in [4.69, 9.17) is 18.9 Å². The van der Waals surface area contributed by atoms with Crippen LogP contribution in [0.1, 0.15) is 5.56 Å².